The normalized spacial score (nSPS) is 26.8. The average molecular weight is 245 g/mol. The minimum absolute atomic E-state index is 0.266. The molecule has 0 aromatic rings. The number of aliphatic hydroxyl groups is 1. The van der Waals surface area contributed by atoms with Gasteiger partial charge in [-0.1, -0.05) is 6.08 Å². The summed E-state index contributed by atoms with van der Waals surface area (Å²) >= 11 is 0. The van der Waals surface area contributed by atoms with E-state index in [0.717, 1.165) is 5.41 Å². The predicted molar refractivity (Wildman–Crippen MR) is 46.8 cm³/mol. The Morgan fingerprint density at radius 2 is 2.13 bits per heavy atom. The predicted octanol–water partition coefficient (Wildman–Crippen LogP) is -0.190. The standard InChI is InChI=1S/C7H10F3NO3S/c8-7(9,10)6(12)3-11-5-1-2-15(13,14)4-5/h1-2,5-6,11-12H,3-4H2. The molecule has 2 atom stereocenters. The lowest BCUT2D eigenvalue weighted by molar-refractivity contribution is -0.201. The van der Waals surface area contributed by atoms with Crippen LogP contribution >= 0.6 is 0 Å². The van der Waals surface area contributed by atoms with Gasteiger partial charge in [-0.25, -0.2) is 8.42 Å². The first-order valence-corrected chi connectivity index (χ1v) is 5.81. The Kier molecular flexibility index (Phi) is 3.41. The summed E-state index contributed by atoms with van der Waals surface area (Å²) in [4.78, 5) is 0. The van der Waals surface area contributed by atoms with Crippen LogP contribution in [-0.2, 0) is 9.84 Å². The molecule has 0 amide bonds. The largest absolute Gasteiger partial charge is 0.415 e. The molecule has 88 valence electrons. The van der Waals surface area contributed by atoms with Crippen LogP contribution in [0.25, 0.3) is 0 Å². The fourth-order valence-electron chi connectivity index (χ4n) is 1.08. The van der Waals surface area contributed by atoms with E-state index in [1.807, 2.05) is 0 Å². The number of aliphatic hydroxyl groups excluding tert-OH is 1. The first kappa shape index (κ1) is 12.5. The van der Waals surface area contributed by atoms with Crippen LogP contribution in [0.1, 0.15) is 0 Å². The number of alkyl halides is 3. The van der Waals surface area contributed by atoms with Crippen LogP contribution in [0.5, 0.6) is 0 Å². The van der Waals surface area contributed by atoms with E-state index in [9.17, 15) is 21.6 Å². The van der Waals surface area contributed by atoms with Crippen LogP contribution in [0.3, 0.4) is 0 Å². The van der Waals surface area contributed by atoms with Gasteiger partial charge in [-0.15, -0.1) is 0 Å². The molecule has 0 aromatic heterocycles. The third-order valence-electron chi connectivity index (χ3n) is 1.88. The van der Waals surface area contributed by atoms with Gasteiger partial charge in [0, 0.05) is 18.0 Å². The van der Waals surface area contributed by atoms with Crippen molar-refractivity contribution in [3.8, 4) is 0 Å². The second kappa shape index (κ2) is 4.11. The second-order valence-corrected chi connectivity index (χ2v) is 5.16. The molecule has 1 aliphatic heterocycles. The highest BCUT2D eigenvalue weighted by atomic mass is 32.2. The van der Waals surface area contributed by atoms with E-state index in [2.05, 4.69) is 5.32 Å². The summed E-state index contributed by atoms with van der Waals surface area (Å²) in [6.07, 6.45) is -5.90. The minimum Gasteiger partial charge on any atom is -0.382 e. The zero-order valence-electron chi connectivity index (χ0n) is 7.53. The molecule has 0 saturated heterocycles. The van der Waals surface area contributed by atoms with Gasteiger partial charge >= 0.3 is 6.18 Å². The van der Waals surface area contributed by atoms with E-state index >= 15 is 0 Å². The summed E-state index contributed by atoms with van der Waals surface area (Å²) in [6.45, 7) is -0.714. The van der Waals surface area contributed by atoms with Gasteiger partial charge in [-0.3, -0.25) is 0 Å². The fraction of sp³-hybridized carbons (Fsp3) is 0.714. The van der Waals surface area contributed by atoms with Crippen molar-refractivity contribution in [1.29, 1.82) is 0 Å². The van der Waals surface area contributed by atoms with Gasteiger partial charge in [-0.05, 0) is 0 Å². The summed E-state index contributed by atoms with van der Waals surface area (Å²) in [6, 6.07) is -0.660. The summed E-state index contributed by atoms with van der Waals surface area (Å²) in [5.74, 6) is -0.266. The lowest BCUT2D eigenvalue weighted by atomic mass is 10.3. The van der Waals surface area contributed by atoms with Crippen LogP contribution in [0.2, 0.25) is 0 Å². The van der Waals surface area contributed by atoms with Gasteiger partial charge < -0.3 is 10.4 Å². The highest BCUT2D eigenvalue weighted by Crippen LogP contribution is 2.19. The maximum absolute atomic E-state index is 11.8. The third-order valence-corrected chi connectivity index (χ3v) is 3.28. The van der Waals surface area contributed by atoms with Gasteiger partial charge in [-0.2, -0.15) is 13.2 Å². The maximum atomic E-state index is 11.8. The molecule has 0 saturated carbocycles. The van der Waals surface area contributed by atoms with E-state index in [0.29, 0.717) is 0 Å². The van der Waals surface area contributed by atoms with Crippen LogP contribution in [-0.4, -0.2) is 44.1 Å². The van der Waals surface area contributed by atoms with E-state index < -0.39 is 34.7 Å². The number of nitrogens with one attached hydrogen (secondary N) is 1. The first-order chi connectivity index (χ1) is 6.71. The molecule has 1 heterocycles. The molecule has 8 heteroatoms. The summed E-state index contributed by atoms with van der Waals surface area (Å²) in [5.41, 5.74) is 0. The average Bonchev–Trinajstić information content (AvgIpc) is 2.39. The molecule has 1 aliphatic rings. The minimum atomic E-state index is -4.69. The summed E-state index contributed by atoms with van der Waals surface area (Å²) < 4.78 is 57.3. The molecule has 0 radical (unpaired) electrons. The smallest absolute Gasteiger partial charge is 0.382 e. The summed E-state index contributed by atoms with van der Waals surface area (Å²) in [5, 5.41) is 11.9. The van der Waals surface area contributed by atoms with Crippen LogP contribution in [0.4, 0.5) is 13.2 Å². The van der Waals surface area contributed by atoms with Crippen LogP contribution < -0.4 is 5.32 Å². The van der Waals surface area contributed by atoms with Gasteiger partial charge in [0.05, 0.1) is 5.75 Å². The van der Waals surface area contributed by atoms with Crippen molar-refractivity contribution in [3.05, 3.63) is 11.5 Å². The Bertz CT molecular complexity index is 349. The monoisotopic (exact) mass is 245 g/mol. The molecule has 0 spiro atoms. The van der Waals surface area contributed by atoms with Crippen molar-refractivity contribution < 1.29 is 26.7 Å². The van der Waals surface area contributed by atoms with Crippen molar-refractivity contribution in [1.82, 2.24) is 5.32 Å². The van der Waals surface area contributed by atoms with Crippen molar-refractivity contribution in [3.63, 3.8) is 0 Å². The molecule has 1 rings (SSSR count). The number of hydrogen-bond acceptors (Lipinski definition) is 4. The fourth-order valence-corrected chi connectivity index (χ4v) is 2.35. The van der Waals surface area contributed by atoms with Gasteiger partial charge in [0.1, 0.15) is 0 Å². The topological polar surface area (TPSA) is 66.4 Å². The molecule has 0 aliphatic carbocycles. The number of rotatable bonds is 3. The van der Waals surface area contributed by atoms with Crippen molar-refractivity contribution in [2.75, 3.05) is 12.3 Å². The molecule has 4 nitrogen and oxygen atoms in total. The first-order valence-electron chi connectivity index (χ1n) is 4.10. The maximum Gasteiger partial charge on any atom is 0.415 e. The molecule has 15 heavy (non-hydrogen) atoms. The number of halogens is 3. The van der Waals surface area contributed by atoms with E-state index in [-0.39, 0.29) is 5.75 Å². The zero-order valence-corrected chi connectivity index (χ0v) is 8.35. The number of sulfone groups is 1. The van der Waals surface area contributed by atoms with E-state index in [4.69, 9.17) is 5.11 Å². The van der Waals surface area contributed by atoms with Gasteiger partial charge in [0.2, 0.25) is 0 Å². The van der Waals surface area contributed by atoms with Crippen molar-refractivity contribution in [2.45, 2.75) is 18.3 Å². The highest BCUT2D eigenvalue weighted by Gasteiger charge is 2.38. The Hall–Kier alpha value is -0.600. The van der Waals surface area contributed by atoms with E-state index in [1.54, 1.807) is 0 Å². The van der Waals surface area contributed by atoms with Crippen molar-refractivity contribution in [2.24, 2.45) is 0 Å². The molecular weight excluding hydrogens is 235 g/mol. The summed E-state index contributed by atoms with van der Waals surface area (Å²) in [7, 11) is -3.28. The van der Waals surface area contributed by atoms with Crippen LogP contribution in [0.15, 0.2) is 11.5 Å². The SMILES string of the molecule is O=S1(=O)C=CC(NCC(O)C(F)(F)F)C1. The lowest BCUT2D eigenvalue weighted by Gasteiger charge is -2.17. The van der Waals surface area contributed by atoms with Gasteiger partial charge in [0.15, 0.2) is 15.9 Å². The van der Waals surface area contributed by atoms with Crippen LogP contribution in [0, 0.1) is 0 Å². The Morgan fingerprint density at radius 3 is 2.53 bits per heavy atom. The molecular formula is C7H10F3NO3S. The molecule has 0 bridgehead atoms. The second-order valence-electron chi connectivity index (χ2n) is 3.23. The highest BCUT2D eigenvalue weighted by molar-refractivity contribution is 7.94. The quantitative estimate of drug-likeness (QED) is 0.723. The zero-order chi connectivity index (χ0) is 11.7. The third kappa shape index (κ3) is 3.80. The Morgan fingerprint density at radius 1 is 1.53 bits per heavy atom. The Labute approximate surface area is 84.7 Å². The van der Waals surface area contributed by atoms with E-state index in [1.165, 1.54) is 6.08 Å². The number of hydrogen-bond donors (Lipinski definition) is 2. The Balaban J connectivity index is 2.38. The molecule has 2 N–H and O–H groups in total. The molecule has 0 fully saturated rings. The van der Waals surface area contributed by atoms with Crippen molar-refractivity contribution >= 4 is 9.84 Å². The lowest BCUT2D eigenvalue weighted by Crippen LogP contribution is -2.42. The molecule has 0 aromatic carbocycles. The molecule has 2 unspecified atom stereocenters. The van der Waals surface area contributed by atoms with Gasteiger partial charge in [0.25, 0.3) is 0 Å².